The van der Waals surface area contributed by atoms with Crippen LogP contribution < -0.4 is 21.2 Å². The van der Waals surface area contributed by atoms with E-state index in [-0.39, 0.29) is 12.0 Å². The largest absolute Gasteiger partial charge is 0.675 e. The Bertz CT molecular complexity index is 1740. The van der Waals surface area contributed by atoms with E-state index in [1.165, 1.54) is 25.3 Å². The van der Waals surface area contributed by atoms with E-state index in [1.807, 2.05) is 5.09 Å². The quantitative estimate of drug-likeness (QED) is 0.0732. The minimum atomic E-state index is -5.66. The lowest BCUT2D eigenvalue weighted by atomic mass is 10.1. The van der Waals surface area contributed by atoms with Gasteiger partial charge in [-0.25, -0.2) is 26.6 Å². The van der Waals surface area contributed by atoms with Gasteiger partial charge in [0.25, 0.3) is 5.56 Å². The summed E-state index contributed by atoms with van der Waals surface area (Å²) in [5, 5.41) is 2.64. The molecule has 0 amide bonds. The number of carbonyl (C=O) groups excluding carboxylic acids is 1. The number of nitrogens with one attached hydrogen (secondary N) is 3. The summed E-state index contributed by atoms with van der Waals surface area (Å²) in [7, 11) is -9.50. The molecule has 3 aromatic rings. The van der Waals surface area contributed by atoms with Crippen molar-refractivity contribution in [3.8, 4) is 0 Å². The molecule has 231 valence electrons. The fourth-order valence-electron chi connectivity index (χ4n) is 4.08. The summed E-state index contributed by atoms with van der Waals surface area (Å²) < 4.78 is 50.0. The molecule has 0 bridgehead atoms. The summed E-state index contributed by atoms with van der Waals surface area (Å²) in [4.78, 5) is 73.9. The van der Waals surface area contributed by atoms with Crippen LogP contribution in [0.5, 0.6) is 0 Å². The number of hydrogen-bond acceptors (Lipinski definition) is 11. The van der Waals surface area contributed by atoms with Crippen molar-refractivity contribution in [2.24, 2.45) is 0 Å². The van der Waals surface area contributed by atoms with E-state index >= 15 is 0 Å². The van der Waals surface area contributed by atoms with Gasteiger partial charge in [-0.05, 0) is 32.5 Å². The molecule has 1 aliphatic heterocycles. The molecular formula is C22H26BN4O13P3-. The standard InChI is InChI=1S/C22H26BN4O13P3/c1-13-11-27(22(30)25-20(13)28)19-8-7-15(38-19)12-37-41(23,31)39-43(34,35)40-42(32,33)26-18(21(29)36-2)9-14-10-24-17-6-4-3-5-16(14)17/h3-8,10-11,15,18-19,24H,9,12H2,1-2H3,(H,34,35)(H,25,28,30)(H2,26,32,33)/q-1/t15-,18-,19+,41?/m0/s1. The van der Waals surface area contributed by atoms with Gasteiger partial charge in [-0.2, -0.15) is 8.62 Å². The summed E-state index contributed by atoms with van der Waals surface area (Å²) in [6, 6.07) is 5.51. The van der Waals surface area contributed by atoms with Gasteiger partial charge in [0.15, 0.2) is 6.23 Å². The third-order valence-electron chi connectivity index (χ3n) is 5.98. The number of H-pyrrole nitrogens is 2. The average molecular weight is 658 g/mol. The first kappa shape index (κ1) is 33.2. The lowest BCUT2D eigenvalue weighted by molar-refractivity contribution is -0.205. The number of benzene rings is 1. The average Bonchev–Trinajstić information content (AvgIpc) is 3.55. The van der Waals surface area contributed by atoms with E-state index in [9.17, 15) is 38.2 Å². The van der Waals surface area contributed by atoms with Crippen molar-refractivity contribution in [1.29, 1.82) is 0 Å². The first-order valence-corrected chi connectivity index (χ1v) is 16.9. The van der Waals surface area contributed by atoms with Crippen LogP contribution in [-0.2, 0) is 43.0 Å². The van der Waals surface area contributed by atoms with Gasteiger partial charge in [-0.1, -0.05) is 24.3 Å². The minimum absolute atomic E-state index is 0.194. The number of carbonyl (C=O) groups is 1. The molecule has 17 nitrogen and oxygen atoms in total. The number of rotatable bonds is 13. The maximum absolute atomic E-state index is 12.7. The van der Waals surface area contributed by atoms with Crippen LogP contribution >= 0.6 is 23.4 Å². The van der Waals surface area contributed by atoms with E-state index in [0.29, 0.717) is 10.9 Å². The summed E-state index contributed by atoms with van der Waals surface area (Å²) in [5.74, 6) is -0.994. The van der Waals surface area contributed by atoms with Gasteiger partial charge in [0.05, 0.1) is 7.11 Å². The zero-order valence-corrected chi connectivity index (χ0v) is 25.2. The Kier molecular flexibility index (Phi) is 10.1. The summed E-state index contributed by atoms with van der Waals surface area (Å²) in [6.07, 6.45) is 3.53. The monoisotopic (exact) mass is 658 g/mol. The molecule has 4 rings (SSSR count). The van der Waals surface area contributed by atoms with Gasteiger partial charge in [-0.3, -0.25) is 23.7 Å². The first-order valence-electron chi connectivity index (χ1n) is 12.3. The molecule has 21 heteroatoms. The van der Waals surface area contributed by atoms with E-state index < -0.39 is 65.6 Å². The van der Waals surface area contributed by atoms with Crippen molar-refractivity contribution in [3.05, 3.63) is 80.8 Å². The van der Waals surface area contributed by atoms with Crippen LogP contribution in [0.25, 0.3) is 10.9 Å². The predicted octanol–water partition coefficient (Wildman–Crippen LogP) is 0.611. The van der Waals surface area contributed by atoms with Gasteiger partial charge in [-0.15, -0.1) is 0 Å². The number of methoxy groups -OCH3 is 1. The normalized spacial score (nSPS) is 21.6. The second kappa shape index (κ2) is 13.1. The van der Waals surface area contributed by atoms with Crippen molar-refractivity contribution in [3.63, 3.8) is 0 Å². The summed E-state index contributed by atoms with van der Waals surface area (Å²) in [6.45, 7) is 0.868. The van der Waals surface area contributed by atoms with Crippen LogP contribution in [0.3, 0.4) is 0 Å². The molecule has 1 aliphatic rings. The third kappa shape index (κ3) is 8.69. The van der Waals surface area contributed by atoms with E-state index in [0.717, 1.165) is 17.2 Å². The molecule has 5 N–H and O–H groups in total. The number of para-hydroxylation sites is 1. The summed E-state index contributed by atoms with van der Waals surface area (Å²) >= 11 is 0. The van der Waals surface area contributed by atoms with Crippen molar-refractivity contribution in [2.75, 3.05) is 13.7 Å². The number of ether oxygens (including phenoxy) is 2. The second-order valence-corrected chi connectivity index (χ2v) is 14.1. The number of aromatic amines is 2. The molecule has 1 aromatic carbocycles. The fourth-order valence-corrected chi connectivity index (χ4v) is 8.06. The Morgan fingerprint density at radius 2 is 2.00 bits per heavy atom. The lowest BCUT2D eigenvalue weighted by Crippen LogP contribution is -2.37. The highest BCUT2D eigenvalue weighted by Gasteiger charge is 2.41. The Labute approximate surface area is 244 Å². The van der Waals surface area contributed by atoms with Crippen LogP contribution in [0.4, 0.5) is 0 Å². The zero-order valence-electron chi connectivity index (χ0n) is 22.5. The van der Waals surface area contributed by atoms with Gasteiger partial charge in [0.1, 0.15) is 18.8 Å². The lowest BCUT2D eigenvalue weighted by Gasteiger charge is -2.38. The molecule has 3 heterocycles. The Morgan fingerprint density at radius 1 is 1.28 bits per heavy atom. The van der Waals surface area contributed by atoms with Gasteiger partial charge in [0, 0.05) is 35.3 Å². The van der Waals surface area contributed by atoms with Crippen molar-refractivity contribution in [2.45, 2.75) is 31.7 Å². The van der Waals surface area contributed by atoms with Crippen molar-refractivity contribution >= 4 is 47.8 Å². The predicted molar refractivity (Wildman–Crippen MR) is 150 cm³/mol. The molecule has 3 unspecified atom stereocenters. The molecule has 0 aliphatic carbocycles. The van der Waals surface area contributed by atoms with Gasteiger partial charge in [0.2, 0.25) is 0 Å². The van der Waals surface area contributed by atoms with Gasteiger partial charge >= 0.3 is 27.2 Å². The van der Waals surface area contributed by atoms with Gasteiger partial charge < -0.3 is 29.1 Å². The molecular weight excluding hydrogens is 632 g/mol. The number of aryl methyl sites for hydroxylation is 1. The van der Waals surface area contributed by atoms with Crippen molar-refractivity contribution < 1.29 is 51.2 Å². The molecule has 0 saturated heterocycles. The maximum atomic E-state index is 12.7. The number of phosphoric acid groups is 1. The number of fused-ring (bicyclic) bond motifs is 1. The molecule has 0 fully saturated rings. The Morgan fingerprint density at radius 3 is 2.72 bits per heavy atom. The Hall–Kier alpha value is -2.72. The first-order chi connectivity index (χ1) is 20.1. The highest BCUT2D eigenvalue weighted by Crippen LogP contribution is 2.67. The maximum Gasteiger partial charge on any atom is 0.511 e. The minimum Gasteiger partial charge on any atom is -0.675 e. The van der Waals surface area contributed by atoms with Crippen LogP contribution in [0.2, 0.25) is 0 Å². The van der Waals surface area contributed by atoms with E-state index in [4.69, 9.17) is 16.8 Å². The smallest absolute Gasteiger partial charge is 0.511 e. The third-order valence-corrected chi connectivity index (χ3v) is 10.6. The van der Waals surface area contributed by atoms with E-state index in [2.05, 4.69) is 23.3 Å². The Balaban J connectivity index is 1.35. The highest BCUT2D eigenvalue weighted by atomic mass is 31.3. The van der Waals surface area contributed by atoms with Crippen LogP contribution in [-0.4, -0.2) is 63.7 Å². The van der Waals surface area contributed by atoms with Crippen LogP contribution in [0, 0.1) is 6.92 Å². The topological polar surface area (TPSA) is 244 Å². The number of hydrogen-bond donors (Lipinski definition) is 5. The molecule has 3 radical (unpaired) electrons. The molecule has 43 heavy (non-hydrogen) atoms. The molecule has 2 aromatic heterocycles. The summed E-state index contributed by atoms with van der Waals surface area (Å²) in [5.41, 5.74) is 0.189. The zero-order chi connectivity index (χ0) is 31.6. The highest BCUT2D eigenvalue weighted by molar-refractivity contribution is 7.88. The van der Waals surface area contributed by atoms with Crippen molar-refractivity contribution in [1.82, 2.24) is 19.6 Å². The van der Waals surface area contributed by atoms with Crippen LogP contribution in [0.15, 0.2) is 58.4 Å². The molecule has 6 atom stereocenters. The van der Waals surface area contributed by atoms with E-state index in [1.54, 1.807) is 30.5 Å². The number of esters is 1. The molecule has 0 saturated carbocycles. The number of aromatic nitrogens is 3. The SMILES string of the molecule is [B-][P+]([O-])(OC[C@@H]1C=C[C@H](n2cc(C)c(=O)[nH]c2=O)O1)OP(=O)(O)OP(=O)(O)N[C@@H](Cc1c[nH]c2ccccc12)C(=O)OC. The number of nitrogens with zero attached hydrogens (tertiary/aromatic N) is 1. The van der Waals surface area contributed by atoms with Crippen LogP contribution in [0.1, 0.15) is 17.4 Å². The molecule has 0 spiro atoms. The fraction of sp³-hybridized carbons (Fsp3) is 0.318. The second-order valence-electron chi connectivity index (χ2n) is 9.18.